The zero-order valence-electron chi connectivity index (χ0n) is 25.7. The predicted octanol–water partition coefficient (Wildman–Crippen LogP) is 5.35. The highest BCUT2D eigenvalue weighted by molar-refractivity contribution is 6.33. The van der Waals surface area contributed by atoms with Crippen LogP contribution in [0.4, 0.5) is 17.1 Å². The van der Waals surface area contributed by atoms with Gasteiger partial charge in [0.15, 0.2) is 0 Å². The predicted molar refractivity (Wildman–Crippen MR) is 181 cm³/mol. The van der Waals surface area contributed by atoms with Crippen LogP contribution in [0.1, 0.15) is 38.7 Å². The third-order valence-corrected chi connectivity index (χ3v) is 9.74. The van der Waals surface area contributed by atoms with Crippen LogP contribution in [0.2, 0.25) is 5.02 Å². The summed E-state index contributed by atoms with van der Waals surface area (Å²) in [6.07, 6.45) is 1.02. The van der Waals surface area contributed by atoms with Crippen molar-refractivity contribution in [1.29, 1.82) is 0 Å². The number of halogens is 1. The zero-order valence-corrected chi connectivity index (χ0v) is 26.5. The maximum absolute atomic E-state index is 13.8. The van der Waals surface area contributed by atoms with Crippen molar-refractivity contribution < 1.29 is 14.3 Å². The number of nitrogens with one attached hydrogen (secondary N) is 1. The fourth-order valence-corrected chi connectivity index (χ4v) is 7.37. The van der Waals surface area contributed by atoms with Crippen LogP contribution in [0.5, 0.6) is 5.75 Å². The second kappa shape index (κ2) is 12.6. The van der Waals surface area contributed by atoms with Crippen LogP contribution < -0.4 is 25.4 Å². The van der Waals surface area contributed by atoms with Gasteiger partial charge in [0.05, 0.1) is 29.2 Å². The van der Waals surface area contributed by atoms with Crippen LogP contribution >= 0.6 is 11.6 Å². The highest BCUT2D eigenvalue weighted by Gasteiger charge is 2.35. The molecule has 2 bridgehead atoms. The number of methoxy groups -OCH3 is 1. The van der Waals surface area contributed by atoms with Crippen molar-refractivity contribution in [3.05, 3.63) is 117 Å². The first-order chi connectivity index (χ1) is 22.4. The summed E-state index contributed by atoms with van der Waals surface area (Å²) in [6.45, 7) is 4.61. The highest BCUT2D eigenvalue weighted by Crippen LogP contribution is 2.39. The van der Waals surface area contributed by atoms with E-state index in [-0.39, 0.29) is 23.3 Å². The summed E-state index contributed by atoms with van der Waals surface area (Å²) in [5.74, 6) is 0.818. The molecule has 10 heteroatoms. The number of hydrogen-bond donors (Lipinski definition) is 1. The molecular weight excluding hydrogens is 602 g/mol. The van der Waals surface area contributed by atoms with Crippen molar-refractivity contribution in [2.75, 3.05) is 61.5 Å². The van der Waals surface area contributed by atoms with Gasteiger partial charge in [-0.15, -0.1) is 0 Å². The summed E-state index contributed by atoms with van der Waals surface area (Å²) >= 11 is 6.43. The first kappa shape index (κ1) is 29.9. The van der Waals surface area contributed by atoms with Crippen LogP contribution in [0.25, 0.3) is 0 Å². The Morgan fingerprint density at radius 2 is 1.57 bits per heavy atom. The average Bonchev–Trinajstić information content (AvgIpc) is 3.08. The van der Waals surface area contributed by atoms with Crippen molar-refractivity contribution in [3.8, 4) is 5.75 Å². The van der Waals surface area contributed by atoms with E-state index in [2.05, 4.69) is 15.1 Å². The molecule has 0 saturated carbocycles. The number of benzene rings is 3. The number of anilines is 3. The number of aromatic nitrogens is 1. The van der Waals surface area contributed by atoms with E-state index in [0.717, 1.165) is 30.0 Å². The Balaban J connectivity index is 1.15. The third kappa shape index (κ3) is 5.83. The van der Waals surface area contributed by atoms with Crippen molar-refractivity contribution in [3.63, 3.8) is 0 Å². The lowest BCUT2D eigenvalue weighted by atomic mass is 9.83. The monoisotopic (exact) mass is 637 g/mol. The van der Waals surface area contributed by atoms with Gasteiger partial charge < -0.3 is 29.3 Å². The van der Waals surface area contributed by atoms with Crippen LogP contribution in [-0.4, -0.2) is 67.7 Å². The maximum atomic E-state index is 13.8. The number of hydrogen-bond acceptors (Lipinski definition) is 6. The van der Waals surface area contributed by atoms with Gasteiger partial charge in [-0.3, -0.25) is 14.4 Å². The van der Waals surface area contributed by atoms with Crippen LogP contribution in [0.3, 0.4) is 0 Å². The molecule has 0 spiro atoms. The Labute approximate surface area is 272 Å². The SMILES string of the molecule is COc1ccc(C(=O)Nc2cc(C(=O)N3CCN(c4ccccc4Cl)CC3)ccc2N2C[C@H]3C[C@@H](C2)c2cccc(=O)n2C3)cc1. The van der Waals surface area contributed by atoms with Gasteiger partial charge >= 0.3 is 0 Å². The van der Waals surface area contributed by atoms with Crippen molar-refractivity contribution >= 4 is 40.5 Å². The molecule has 3 aromatic carbocycles. The molecule has 4 heterocycles. The molecule has 236 valence electrons. The Morgan fingerprint density at radius 1 is 0.804 bits per heavy atom. The topological polar surface area (TPSA) is 87.1 Å². The Hall–Kier alpha value is -4.76. The standard InChI is InChI=1S/C36H36ClN5O4/c1-46-28-12-9-25(10-13-28)35(44)38-30-20-26(36(45)40-17-15-39(16-18-40)32-6-3-2-5-29(32)37)11-14-33(30)41-21-24-19-27(23-41)31-7-4-8-34(43)42(31)22-24/h2-14,20,24,27H,15-19,21-23H2,1H3,(H,38,44)/t24-,27+/m1/s1. The molecule has 2 fully saturated rings. The van der Waals surface area contributed by atoms with Crippen molar-refractivity contribution in [1.82, 2.24) is 9.47 Å². The van der Waals surface area contributed by atoms with E-state index in [0.29, 0.717) is 72.8 Å². The van der Waals surface area contributed by atoms with Crippen LogP contribution in [-0.2, 0) is 6.54 Å². The minimum atomic E-state index is -0.268. The molecule has 9 nitrogen and oxygen atoms in total. The number of amides is 2. The van der Waals surface area contributed by atoms with E-state index in [4.69, 9.17) is 16.3 Å². The molecule has 1 aromatic heterocycles. The zero-order chi connectivity index (χ0) is 31.8. The van der Waals surface area contributed by atoms with Gasteiger partial charge in [-0.2, -0.15) is 0 Å². The van der Waals surface area contributed by atoms with E-state index in [1.165, 1.54) is 0 Å². The third-order valence-electron chi connectivity index (χ3n) is 9.42. The summed E-state index contributed by atoms with van der Waals surface area (Å²) in [6, 6.07) is 25.9. The fourth-order valence-electron chi connectivity index (χ4n) is 7.12. The first-order valence-electron chi connectivity index (χ1n) is 15.7. The second-order valence-electron chi connectivity index (χ2n) is 12.2. The molecule has 4 aromatic rings. The summed E-state index contributed by atoms with van der Waals surface area (Å²) in [7, 11) is 1.59. The van der Waals surface area contributed by atoms with Gasteiger partial charge in [-0.1, -0.05) is 29.8 Å². The highest BCUT2D eigenvalue weighted by atomic mass is 35.5. The molecule has 0 unspecified atom stereocenters. The summed E-state index contributed by atoms with van der Waals surface area (Å²) < 4.78 is 7.17. The Bertz CT molecular complexity index is 1830. The van der Waals surface area contributed by atoms with E-state index >= 15 is 0 Å². The molecule has 46 heavy (non-hydrogen) atoms. The summed E-state index contributed by atoms with van der Waals surface area (Å²) in [5.41, 5.74) is 4.54. The van der Waals surface area contributed by atoms with E-state index in [9.17, 15) is 14.4 Å². The lowest BCUT2D eigenvalue weighted by Gasteiger charge is -2.44. The first-order valence-corrected chi connectivity index (χ1v) is 16.1. The number of pyridine rings is 1. The van der Waals surface area contributed by atoms with Crippen LogP contribution in [0, 0.1) is 5.92 Å². The molecule has 3 aliphatic rings. The van der Waals surface area contributed by atoms with Crippen molar-refractivity contribution in [2.24, 2.45) is 5.92 Å². The second-order valence-corrected chi connectivity index (χ2v) is 12.7. The molecule has 7 rings (SSSR count). The number of carbonyl (C=O) groups is 2. The normalized spacial score (nSPS) is 19.0. The van der Waals surface area contributed by atoms with Gasteiger partial charge in [0.2, 0.25) is 0 Å². The average molecular weight is 638 g/mol. The molecule has 0 aliphatic carbocycles. The number of fused-ring (bicyclic) bond motifs is 4. The van der Waals surface area contributed by atoms with E-state index in [1.807, 2.05) is 64.1 Å². The number of piperazine rings is 1. The Morgan fingerprint density at radius 3 is 2.33 bits per heavy atom. The largest absolute Gasteiger partial charge is 0.497 e. The molecule has 0 radical (unpaired) electrons. The number of para-hydroxylation sites is 1. The number of rotatable bonds is 6. The van der Waals surface area contributed by atoms with E-state index < -0.39 is 0 Å². The van der Waals surface area contributed by atoms with Crippen LogP contribution in [0.15, 0.2) is 89.7 Å². The number of carbonyl (C=O) groups excluding carboxylic acids is 2. The van der Waals surface area contributed by atoms with Gasteiger partial charge in [-0.25, -0.2) is 0 Å². The molecular formula is C36H36ClN5O4. The molecule has 2 amide bonds. The maximum Gasteiger partial charge on any atom is 0.255 e. The minimum Gasteiger partial charge on any atom is -0.497 e. The molecule has 3 aliphatic heterocycles. The molecule has 2 saturated heterocycles. The lowest BCUT2D eigenvalue weighted by molar-refractivity contribution is 0.0746. The minimum absolute atomic E-state index is 0.0451. The molecule has 1 N–H and O–H groups in total. The quantitative estimate of drug-likeness (QED) is 0.307. The number of ether oxygens (including phenoxy) is 1. The van der Waals surface area contributed by atoms with Gasteiger partial charge in [0, 0.05) is 74.6 Å². The van der Waals surface area contributed by atoms with Gasteiger partial charge in [-0.05, 0) is 73.0 Å². The Kier molecular flexibility index (Phi) is 8.17. The van der Waals surface area contributed by atoms with Gasteiger partial charge in [0.1, 0.15) is 5.75 Å². The summed E-state index contributed by atoms with van der Waals surface area (Å²) in [4.78, 5) is 46.3. The smallest absolute Gasteiger partial charge is 0.255 e. The van der Waals surface area contributed by atoms with Gasteiger partial charge in [0.25, 0.3) is 17.4 Å². The van der Waals surface area contributed by atoms with Crippen molar-refractivity contribution in [2.45, 2.75) is 18.9 Å². The fraction of sp³-hybridized carbons (Fsp3) is 0.306. The lowest BCUT2D eigenvalue weighted by Crippen LogP contribution is -2.49. The number of piperidine rings is 1. The van der Waals surface area contributed by atoms with E-state index in [1.54, 1.807) is 37.4 Å². The summed E-state index contributed by atoms with van der Waals surface area (Å²) in [5, 5.41) is 3.82. The number of nitrogens with zero attached hydrogens (tertiary/aromatic N) is 4. The molecule has 2 atom stereocenters.